The number of aromatic nitrogens is 3. The number of anilines is 1. The Balaban J connectivity index is 1.46. The standard InChI is InChI=1S/C25H25ClN6O2/c1-16-12-17(2)30-25(29-16)32-24(31-23(33)15-34-20-6-4-3-5-7-20)27-11-10-18-14-28-22-9-8-19(26)13-21(18)22/h3-9,12-14,28H,10-11,15H2,1-2H3,(H2,27,29,30,31,32,33). The number of guanidine groups is 1. The van der Waals surface area contributed by atoms with E-state index >= 15 is 0 Å². The van der Waals surface area contributed by atoms with E-state index in [1.54, 1.807) is 12.1 Å². The molecule has 0 aliphatic heterocycles. The predicted octanol–water partition coefficient (Wildman–Crippen LogP) is 4.43. The summed E-state index contributed by atoms with van der Waals surface area (Å²) in [6, 6.07) is 16.7. The molecule has 2 aromatic heterocycles. The number of fused-ring (bicyclic) bond motifs is 1. The molecular weight excluding hydrogens is 452 g/mol. The van der Waals surface area contributed by atoms with E-state index in [1.807, 2.05) is 62.5 Å². The van der Waals surface area contributed by atoms with Crippen LogP contribution in [0.2, 0.25) is 5.02 Å². The summed E-state index contributed by atoms with van der Waals surface area (Å²) < 4.78 is 5.54. The molecule has 0 atom stereocenters. The average molecular weight is 477 g/mol. The highest BCUT2D eigenvalue weighted by Gasteiger charge is 2.11. The van der Waals surface area contributed by atoms with E-state index < -0.39 is 0 Å². The Bertz CT molecular complexity index is 1300. The van der Waals surface area contributed by atoms with Crippen LogP contribution in [0.15, 0.2) is 65.8 Å². The number of carbonyl (C=O) groups excluding carboxylic acids is 1. The lowest BCUT2D eigenvalue weighted by molar-refractivity contribution is -0.121. The molecule has 0 aliphatic rings. The van der Waals surface area contributed by atoms with Gasteiger partial charge >= 0.3 is 0 Å². The van der Waals surface area contributed by atoms with E-state index in [4.69, 9.17) is 16.3 Å². The number of nitrogens with zero attached hydrogens (tertiary/aromatic N) is 3. The maximum Gasteiger partial charge on any atom is 0.264 e. The highest BCUT2D eigenvalue weighted by molar-refractivity contribution is 6.31. The molecule has 34 heavy (non-hydrogen) atoms. The third-order valence-electron chi connectivity index (χ3n) is 4.96. The summed E-state index contributed by atoms with van der Waals surface area (Å²) in [5.41, 5.74) is 3.71. The first-order valence-electron chi connectivity index (χ1n) is 10.8. The Morgan fingerprint density at radius 1 is 1.09 bits per heavy atom. The van der Waals surface area contributed by atoms with Crippen molar-refractivity contribution >= 4 is 40.3 Å². The zero-order chi connectivity index (χ0) is 23.9. The number of aliphatic imine (C=N–C) groups is 1. The fraction of sp³-hybridized carbons (Fsp3) is 0.200. The van der Waals surface area contributed by atoms with Crippen LogP contribution in [0, 0.1) is 13.8 Å². The summed E-state index contributed by atoms with van der Waals surface area (Å²) in [6.45, 7) is 4.03. The summed E-state index contributed by atoms with van der Waals surface area (Å²) in [7, 11) is 0. The van der Waals surface area contributed by atoms with Crippen molar-refractivity contribution in [3.8, 4) is 5.75 Å². The normalized spacial score (nSPS) is 11.4. The van der Waals surface area contributed by atoms with Gasteiger partial charge in [0.25, 0.3) is 5.91 Å². The van der Waals surface area contributed by atoms with Crippen LogP contribution in [0.25, 0.3) is 10.9 Å². The van der Waals surface area contributed by atoms with Crippen molar-refractivity contribution in [1.82, 2.24) is 20.3 Å². The highest BCUT2D eigenvalue weighted by Crippen LogP contribution is 2.22. The minimum absolute atomic E-state index is 0.153. The van der Waals surface area contributed by atoms with E-state index in [9.17, 15) is 4.79 Å². The molecule has 0 fully saturated rings. The highest BCUT2D eigenvalue weighted by atomic mass is 35.5. The number of ether oxygens (including phenoxy) is 1. The van der Waals surface area contributed by atoms with E-state index in [-0.39, 0.29) is 18.5 Å². The molecule has 0 spiro atoms. The van der Waals surface area contributed by atoms with Crippen LogP contribution < -0.4 is 15.4 Å². The van der Waals surface area contributed by atoms with Gasteiger partial charge < -0.3 is 9.72 Å². The molecule has 174 valence electrons. The second kappa shape index (κ2) is 10.8. The van der Waals surface area contributed by atoms with Gasteiger partial charge in [-0.1, -0.05) is 29.8 Å². The Hall–Kier alpha value is -3.91. The number of carbonyl (C=O) groups is 1. The van der Waals surface area contributed by atoms with Gasteiger partial charge in [-0.3, -0.25) is 20.4 Å². The molecule has 0 aliphatic carbocycles. The molecule has 4 rings (SSSR count). The van der Waals surface area contributed by atoms with Crippen LogP contribution >= 0.6 is 11.6 Å². The third kappa shape index (κ3) is 6.32. The SMILES string of the molecule is Cc1cc(C)nc(NC(=NCCc2c[nH]c3ccc(Cl)cc23)NC(=O)COc2ccccc2)n1. The molecule has 4 aromatic rings. The molecule has 2 heterocycles. The Kier molecular flexibility index (Phi) is 7.39. The molecule has 1 amide bonds. The van der Waals surface area contributed by atoms with Crippen molar-refractivity contribution in [2.75, 3.05) is 18.5 Å². The number of aryl methyl sites for hydroxylation is 2. The number of rotatable bonds is 7. The second-order valence-corrected chi connectivity index (χ2v) is 8.17. The second-order valence-electron chi connectivity index (χ2n) is 7.73. The van der Waals surface area contributed by atoms with E-state index in [1.165, 1.54) is 0 Å². The summed E-state index contributed by atoms with van der Waals surface area (Å²) >= 11 is 6.15. The molecule has 8 nitrogen and oxygen atoms in total. The zero-order valence-electron chi connectivity index (χ0n) is 18.9. The van der Waals surface area contributed by atoms with Crippen molar-refractivity contribution in [2.45, 2.75) is 20.3 Å². The fourth-order valence-corrected chi connectivity index (χ4v) is 3.65. The first-order chi connectivity index (χ1) is 16.5. The van der Waals surface area contributed by atoms with Gasteiger partial charge in [0.2, 0.25) is 11.9 Å². The van der Waals surface area contributed by atoms with Gasteiger partial charge in [-0.2, -0.15) is 0 Å². The van der Waals surface area contributed by atoms with Crippen LogP contribution in [0.5, 0.6) is 5.75 Å². The maximum atomic E-state index is 12.5. The van der Waals surface area contributed by atoms with E-state index in [2.05, 4.69) is 30.6 Å². The van der Waals surface area contributed by atoms with E-state index in [0.717, 1.165) is 27.9 Å². The van der Waals surface area contributed by atoms with Gasteiger partial charge in [0.1, 0.15) is 5.75 Å². The van der Waals surface area contributed by atoms with Crippen molar-refractivity contribution in [1.29, 1.82) is 0 Å². The summed E-state index contributed by atoms with van der Waals surface area (Å²) in [4.78, 5) is 29.1. The number of benzene rings is 2. The molecule has 2 aromatic carbocycles. The first-order valence-corrected chi connectivity index (χ1v) is 11.2. The quantitative estimate of drug-likeness (QED) is 0.270. The summed E-state index contributed by atoms with van der Waals surface area (Å²) in [6.07, 6.45) is 2.60. The Labute approximate surface area is 202 Å². The number of amides is 1. The number of hydrogen-bond donors (Lipinski definition) is 3. The lowest BCUT2D eigenvalue weighted by Gasteiger charge is -2.12. The number of H-pyrrole nitrogens is 1. The van der Waals surface area contributed by atoms with Crippen molar-refractivity contribution in [3.63, 3.8) is 0 Å². The lowest BCUT2D eigenvalue weighted by atomic mass is 10.1. The van der Waals surface area contributed by atoms with Gasteiger partial charge in [0.15, 0.2) is 6.61 Å². The molecular formula is C25H25ClN6O2. The topological polar surface area (TPSA) is 104 Å². The van der Waals surface area contributed by atoms with E-state index in [0.29, 0.717) is 29.7 Å². The number of aromatic amines is 1. The van der Waals surface area contributed by atoms with Gasteiger partial charge in [-0.15, -0.1) is 0 Å². The minimum atomic E-state index is -0.349. The van der Waals surface area contributed by atoms with Gasteiger partial charge in [-0.25, -0.2) is 9.97 Å². The molecule has 0 unspecified atom stereocenters. The Morgan fingerprint density at radius 3 is 2.62 bits per heavy atom. The fourth-order valence-electron chi connectivity index (χ4n) is 3.48. The predicted molar refractivity (Wildman–Crippen MR) is 135 cm³/mol. The number of halogens is 1. The number of para-hydroxylation sites is 1. The largest absolute Gasteiger partial charge is 0.484 e. The third-order valence-corrected chi connectivity index (χ3v) is 5.20. The molecule has 0 saturated heterocycles. The minimum Gasteiger partial charge on any atom is -0.484 e. The van der Waals surface area contributed by atoms with Crippen molar-refractivity contribution in [2.24, 2.45) is 4.99 Å². The van der Waals surface area contributed by atoms with Gasteiger partial charge in [0.05, 0.1) is 0 Å². The summed E-state index contributed by atoms with van der Waals surface area (Å²) in [5.74, 6) is 0.877. The van der Waals surface area contributed by atoms with Crippen LogP contribution in [0.4, 0.5) is 5.95 Å². The first kappa shape index (κ1) is 23.3. The maximum absolute atomic E-state index is 12.5. The Morgan fingerprint density at radius 2 is 1.85 bits per heavy atom. The van der Waals surface area contributed by atoms with Gasteiger partial charge in [0, 0.05) is 40.1 Å². The molecule has 0 radical (unpaired) electrons. The molecule has 9 heteroatoms. The molecule has 3 N–H and O–H groups in total. The number of nitrogens with one attached hydrogen (secondary N) is 3. The van der Waals surface area contributed by atoms with Crippen molar-refractivity contribution in [3.05, 3.63) is 82.8 Å². The number of hydrogen-bond acceptors (Lipinski definition) is 5. The van der Waals surface area contributed by atoms with Crippen LogP contribution in [-0.4, -0.2) is 40.0 Å². The van der Waals surface area contributed by atoms with Crippen LogP contribution in [0.1, 0.15) is 17.0 Å². The smallest absolute Gasteiger partial charge is 0.264 e. The average Bonchev–Trinajstić information content (AvgIpc) is 3.19. The lowest BCUT2D eigenvalue weighted by Crippen LogP contribution is -2.39. The zero-order valence-corrected chi connectivity index (χ0v) is 19.7. The van der Waals surface area contributed by atoms with Gasteiger partial charge in [-0.05, 0) is 62.2 Å². The summed E-state index contributed by atoms with van der Waals surface area (Å²) in [5, 5.41) is 7.52. The van der Waals surface area contributed by atoms with Crippen LogP contribution in [0.3, 0.4) is 0 Å². The molecule has 0 saturated carbocycles. The van der Waals surface area contributed by atoms with Crippen LogP contribution in [-0.2, 0) is 11.2 Å². The molecule has 0 bridgehead atoms. The monoisotopic (exact) mass is 476 g/mol. The van der Waals surface area contributed by atoms with Crippen molar-refractivity contribution < 1.29 is 9.53 Å².